The number of hydrogen-bond acceptors (Lipinski definition) is 0. The van der Waals surface area contributed by atoms with Crippen LogP contribution in [0.1, 0.15) is 16.7 Å². The smallest absolute Gasteiger partial charge is 0.00980 e. The van der Waals surface area contributed by atoms with Gasteiger partial charge in [-0.15, -0.1) is 5.73 Å². The molecular weight excluding hydrogens is 120 g/mol. The molecule has 0 N–H and O–H groups in total. The number of fused-ring (bicyclic) bond motifs is 1. The average molecular weight is 128 g/mol. The molecular formula is C10H8. The van der Waals surface area contributed by atoms with Crippen molar-refractivity contribution in [1.29, 1.82) is 0 Å². The lowest BCUT2D eigenvalue weighted by Crippen LogP contribution is -1.77. The molecule has 0 unspecified atom stereocenters. The van der Waals surface area contributed by atoms with Crippen LogP contribution in [0.5, 0.6) is 0 Å². The van der Waals surface area contributed by atoms with E-state index in [-0.39, 0.29) is 0 Å². The Labute approximate surface area is 60.5 Å². The van der Waals surface area contributed by atoms with E-state index in [1.54, 1.807) is 0 Å². The zero-order chi connectivity index (χ0) is 6.97. The third kappa shape index (κ3) is 0.706. The minimum atomic E-state index is 1.28. The van der Waals surface area contributed by atoms with E-state index in [1.807, 2.05) is 12.2 Å². The number of hydrogen-bond donors (Lipinski definition) is 0. The molecule has 1 aliphatic rings. The summed E-state index contributed by atoms with van der Waals surface area (Å²) in [6.07, 6.45) is 4.02. The highest BCUT2D eigenvalue weighted by atomic mass is 14.0. The number of rotatable bonds is 0. The second kappa shape index (κ2) is 1.86. The fraction of sp³-hybridized carbons (Fsp3) is 0.100. The summed E-state index contributed by atoms with van der Waals surface area (Å²) >= 11 is 0. The minimum Gasteiger partial charge on any atom is -0.120 e. The average Bonchev–Trinajstić information content (AvgIpc) is 2.33. The fourth-order valence-electron chi connectivity index (χ4n) is 1.17. The molecule has 2 rings (SSSR count). The molecule has 0 bridgehead atoms. The van der Waals surface area contributed by atoms with Crippen LogP contribution in [0.3, 0.4) is 0 Å². The third-order valence-corrected chi connectivity index (χ3v) is 1.72. The van der Waals surface area contributed by atoms with Crippen molar-refractivity contribution in [3.63, 3.8) is 0 Å². The van der Waals surface area contributed by atoms with Crippen LogP contribution in [-0.4, -0.2) is 0 Å². The van der Waals surface area contributed by atoms with Crippen molar-refractivity contribution in [2.75, 3.05) is 0 Å². The van der Waals surface area contributed by atoms with Crippen molar-refractivity contribution in [2.45, 2.75) is 6.92 Å². The predicted molar refractivity (Wildman–Crippen MR) is 43.6 cm³/mol. The summed E-state index contributed by atoms with van der Waals surface area (Å²) in [4.78, 5) is 0. The largest absolute Gasteiger partial charge is 0.120 e. The lowest BCUT2D eigenvalue weighted by molar-refractivity contribution is 1.45. The summed E-state index contributed by atoms with van der Waals surface area (Å²) in [7, 11) is 0. The maximum Gasteiger partial charge on any atom is -0.00980 e. The van der Waals surface area contributed by atoms with Gasteiger partial charge in [-0.05, 0) is 30.2 Å². The van der Waals surface area contributed by atoms with Crippen molar-refractivity contribution < 1.29 is 0 Å². The highest BCUT2D eigenvalue weighted by Crippen LogP contribution is 2.18. The fourth-order valence-corrected chi connectivity index (χ4v) is 1.17. The first-order valence-electron chi connectivity index (χ1n) is 3.39. The molecule has 0 fully saturated rings. The van der Waals surface area contributed by atoms with Gasteiger partial charge in [-0.2, -0.15) is 0 Å². The van der Waals surface area contributed by atoms with E-state index in [0.717, 1.165) is 0 Å². The van der Waals surface area contributed by atoms with Crippen LogP contribution in [0.15, 0.2) is 23.9 Å². The normalized spacial score (nSPS) is 12.1. The summed E-state index contributed by atoms with van der Waals surface area (Å²) < 4.78 is 0. The maximum atomic E-state index is 3.06. The van der Waals surface area contributed by atoms with Crippen molar-refractivity contribution >= 4 is 12.2 Å². The van der Waals surface area contributed by atoms with Crippen LogP contribution in [-0.2, 0) is 0 Å². The van der Waals surface area contributed by atoms with Crippen molar-refractivity contribution in [3.8, 4) is 0 Å². The van der Waals surface area contributed by atoms with Gasteiger partial charge in [0, 0.05) is 0 Å². The van der Waals surface area contributed by atoms with E-state index < -0.39 is 0 Å². The van der Waals surface area contributed by atoms with E-state index in [4.69, 9.17) is 0 Å². The van der Waals surface area contributed by atoms with E-state index in [9.17, 15) is 0 Å². The molecule has 1 aromatic carbocycles. The van der Waals surface area contributed by atoms with Crippen LogP contribution in [0.25, 0.3) is 12.2 Å². The van der Waals surface area contributed by atoms with Gasteiger partial charge in [-0.3, -0.25) is 0 Å². The van der Waals surface area contributed by atoms with Crippen LogP contribution < -0.4 is 0 Å². The Morgan fingerprint density at radius 2 is 1.90 bits per heavy atom. The Morgan fingerprint density at radius 1 is 1.10 bits per heavy atom. The van der Waals surface area contributed by atoms with Gasteiger partial charge in [0.1, 0.15) is 0 Å². The molecule has 0 saturated heterocycles. The first-order valence-corrected chi connectivity index (χ1v) is 3.39. The molecule has 1 aliphatic carbocycles. The zero-order valence-corrected chi connectivity index (χ0v) is 5.89. The first-order chi connectivity index (χ1) is 4.86. The highest BCUT2D eigenvalue weighted by Gasteiger charge is 1.98. The van der Waals surface area contributed by atoms with E-state index in [2.05, 4.69) is 30.9 Å². The Kier molecular flexibility index (Phi) is 1.03. The highest BCUT2D eigenvalue weighted by molar-refractivity contribution is 5.73. The van der Waals surface area contributed by atoms with Crippen molar-refractivity contribution in [1.82, 2.24) is 0 Å². The summed E-state index contributed by atoms with van der Waals surface area (Å²) in [5.41, 5.74) is 6.95. The SMILES string of the molecule is Cc1ccc2c(c1)C=C=C2. The topological polar surface area (TPSA) is 0 Å². The Morgan fingerprint density at radius 3 is 2.80 bits per heavy atom. The van der Waals surface area contributed by atoms with Gasteiger partial charge in [0.05, 0.1) is 0 Å². The van der Waals surface area contributed by atoms with E-state index >= 15 is 0 Å². The van der Waals surface area contributed by atoms with Crippen molar-refractivity contribution in [3.05, 3.63) is 40.6 Å². The van der Waals surface area contributed by atoms with Gasteiger partial charge < -0.3 is 0 Å². The predicted octanol–water partition coefficient (Wildman–Crippen LogP) is 2.63. The molecule has 0 heteroatoms. The molecule has 0 spiro atoms. The summed E-state index contributed by atoms with van der Waals surface area (Å²) in [5.74, 6) is 0. The van der Waals surface area contributed by atoms with Gasteiger partial charge in [-0.1, -0.05) is 23.8 Å². The molecule has 48 valence electrons. The van der Waals surface area contributed by atoms with Crippen LogP contribution in [0.4, 0.5) is 0 Å². The van der Waals surface area contributed by atoms with Crippen LogP contribution in [0, 0.1) is 6.92 Å². The lowest BCUT2D eigenvalue weighted by atomic mass is 10.1. The molecule has 1 aromatic rings. The Hall–Kier alpha value is -1.26. The quantitative estimate of drug-likeness (QED) is 0.478. The molecule has 0 aliphatic heterocycles. The van der Waals surface area contributed by atoms with Gasteiger partial charge in [-0.25, -0.2) is 0 Å². The van der Waals surface area contributed by atoms with Gasteiger partial charge in [0.2, 0.25) is 0 Å². The molecule has 0 nitrogen and oxygen atoms in total. The molecule has 10 heavy (non-hydrogen) atoms. The molecule has 0 radical (unpaired) electrons. The van der Waals surface area contributed by atoms with E-state index in [1.165, 1.54) is 16.7 Å². The Balaban J connectivity index is 2.67. The monoisotopic (exact) mass is 128 g/mol. The lowest BCUT2D eigenvalue weighted by Gasteiger charge is -1.96. The first kappa shape index (κ1) is 5.52. The minimum absolute atomic E-state index is 1.28. The molecule has 0 atom stereocenters. The molecule has 0 saturated carbocycles. The summed E-state index contributed by atoms with van der Waals surface area (Å²) in [5, 5.41) is 0. The second-order valence-corrected chi connectivity index (χ2v) is 2.59. The number of aryl methyl sites for hydroxylation is 1. The summed E-state index contributed by atoms with van der Waals surface area (Å²) in [6, 6.07) is 6.42. The summed E-state index contributed by atoms with van der Waals surface area (Å²) in [6.45, 7) is 2.10. The molecule has 0 amide bonds. The van der Waals surface area contributed by atoms with Crippen LogP contribution in [0.2, 0.25) is 0 Å². The zero-order valence-electron chi connectivity index (χ0n) is 5.89. The maximum absolute atomic E-state index is 3.06. The molecule has 0 heterocycles. The standard InChI is InChI=1S/C10H8/c1-8-5-6-9-3-2-4-10(9)7-8/h3-7H,1H3. The van der Waals surface area contributed by atoms with E-state index in [0.29, 0.717) is 0 Å². The number of benzene rings is 1. The van der Waals surface area contributed by atoms with Crippen molar-refractivity contribution in [2.24, 2.45) is 0 Å². The third-order valence-electron chi connectivity index (χ3n) is 1.72. The Bertz CT molecular complexity index is 326. The van der Waals surface area contributed by atoms with Gasteiger partial charge in [0.15, 0.2) is 0 Å². The van der Waals surface area contributed by atoms with Gasteiger partial charge in [0.25, 0.3) is 0 Å². The van der Waals surface area contributed by atoms with Crippen LogP contribution >= 0.6 is 0 Å². The molecule has 0 aromatic heterocycles. The second-order valence-electron chi connectivity index (χ2n) is 2.59. The van der Waals surface area contributed by atoms with Gasteiger partial charge >= 0.3 is 0 Å².